The topological polar surface area (TPSA) is 81.4 Å². The number of carboxylic acid groups (broad SMARTS) is 1. The van der Waals surface area contributed by atoms with Crippen LogP contribution in [0.15, 0.2) is 35.6 Å². The molecule has 0 amide bonds. The van der Waals surface area contributed by atoms with E-state index in [4.69, 9.17) is 15.6 Å². The lowest BCUT2D eigenvalue weighted by molar-refractivity contribution is -0.138. The molecular formula is C13H9F6NO3. The summed E-state index contributed by atoms with van der Waals surface area (Å²) in [7, 11) is 0. The molecule has 0 heterocycles. The van der Waals surface area contributed by atoms with Crippen LogP contribution in [0.5, 0.6) is 0 Å². The summed E-state index contributed by atoms with van der Waals surface area (Å²) in [6.45, 7) is 0. The highest BCUT2D eigenvalue weighted by Crippen LogP contribution is 2.30. The summed E-state index contributed by atoms with van der Waals surface area (Å²) in [6.07, 6.45) is -10.9. The predicted molar refractivity (Wildman–Crippen MR) is 66.2 cm³/mol. The molecule has 4 nitrogen and oxygen atoms in total. The van der Waals surface area contributed by atoms with Crippen LogP contribution in [0.25, 0.3) is 0 Å². The van der Waals surface area contributed by atoms with E-state index in [1.54, 1.807) is 0 Å². The fourth-order valence-electron chi connectivity index (χ4n) is 1.67. The second-order valence-corrected chi connectivity index (χ2v) is 4.38. The number of halogens is 6. The maximum atomic E-state index is 12.5. The van der Waals surface area contributed by atoms with E-state index in [2.05, 4.69) is 0 Å². The number of nitrogens with one attached hydrogen (secondary N) is 1. The van der Waals surface area contributed by atoms with Crippen molar-refractivity contribution in [1.29, 1.82) is 5.41 Å². The third-order valence-electron chi connectivity index (χ3n) is 2.66. The molecule has 0 aromatic heterocycles. The number of benzene rings is 1. The summed E-state index contributed by atoms with van der Waals surface area (Å²) in [5.41, 5.74) is -4.20. The quantitative estimate of drug-likeness (QED) is 0.338. The molecule has 0 radical (unpaired) electrons. The summed E-state index contributed by atoms with van der Waals surface area (Å²) in [4.78, 5) is 10.8. The summed E-state index contributed by atoms with van der Waals surface area (Å²) in [6, 6.07) is 3.36. The maximum absolute atomic E-state index is 12.5. The molecule has 126 valence electrons. The van der Waals surface area contributed by atoms with Crippen molar-refractivity contribution in [2.75, 3.05) is 0 Å². The molecule has 0 unspecified atom stereocenters. The third kappa shape index (κ3) is 4.73. The van der Waals surface area contributed by atoms with E-state index in [-0.39, 0.29) is 5.56 Å². The van der Waals surface area contributed by atoms with Crippen molar-refractivity contribution in [3.8, 4) is 0 Å². The summed E-state index contributed by atoms with van der Waals surface area (Å²) >= 11 is 0. The van der Waals surface area contributed by atoms with E-state index < -0.39 is 47.4 Å². The number of alkyl halides is 6. The van der Waals surface area contributed by atoms with E-state index >= 15 is 0 Å². The highest BCUT2D eigenvalue weighted by atomic mass is 19.4. The average Bonchev–Trinajstić information content (AvgIpc) is 2.36. The van der Waals surface area contributed by atoms with Crippen molar-refractivity contribution < 1.29 is 41.4 Å². The SMILES string of the molecule is N=C(Cc1cccc(C(F)(F)F)c1)C(C(=O)O)=C(O)C(F)(F)F. The molecule has 0 saturated heterocycles. The van der Waals surface area contributed by atoms with Gasteiger partial charge in [-0.15, -0.1) is 0 Å². The molecule has 1 aromatic carbocycles. The Morgan fingerprint density at radius 2 is 1.65 bits per heavy atom. The molecule has 1 aromatic rings. The first-order valence-corrected chi connectivity index (χ1v) is 5.81. The van der Waals surface area contributed by atoms with Gasteiger partial charge in [0.2, 0.25) is 5.76 Å². The standard InChI is InChI=1S/C13H9F6NO3/c14-12(15,16)7-3-1-2-6(4-7)5-8(20)9(11(22)23)10(21)13(17,18)19/h1-4,20-21H,5H2,(H,22,23). The van der Waals surface area contributed by atoms with E-state index in [9.17, 15) is 31.1 Å². The number of carboxylic acids is 1. The minimum Gasteiger partial charge on any atom is -0.504 e. The van der Waals surface area contributed by atoms with Crippen molar-refractivity contribution in [2.45, 2.75) is 18.8 Å². The smallest absolute Gasteiger partial charge is 0.449 e. The molecular weight excluding hydrogens is 332 g/mol. The van der Waals surface area contributed by atoms with E-state index in [0.29, 0.717) is 12.1 Å². The largest absolute Gasteiger partial charge is 0.504 e. The molecule has 0 aliphatic rings. The Morgan fingerprint density at radius 3 is 2.09 bits per heavy atom. The van der Waals surface area contributed by atoms with Crippen LogP contribution in [0, 0.1) is 5.41 Å². The average molecular weight is 341 g/mol. The lowest BCUT2D eigenvalue weighted by atomic mass is 9.99. The van der Waals surface area contributed by atoms with Crippen molar-refractivity contribution in [1.82, 2.24) is 0 Å². The van der Waals surface area contributed by atoms with Crippen LogP contribution >= 0.6 is 0 Å². The molecule has 0 aliphatic carbocycles. The molecule has 0 spiro atoms. The predicted octanol–water partition coefficient (Wildman–Crippen LogP) is 3.73. The number of hydrogen-bond donors (Lipinski definition) is 3. The molecule has 3 N–H and O–H groups in total. The van der Waals surface area contributed by atoms with Crippen molar-refractivity contribution >= 4 is 11.7 Å². The minimum atomic E-state index is -5.39. The normalized spacial score (nSPS) is 13.5. The van der Waals surface area contributed by atoms with Gasteiger partial charge in [0.05, 0.1) is 11.3 Å². The van der Waals surface area contributed by atoms with Crippen LogP contribution in [0.4, 0.5) is 26.3 Å². The first kappa shape index (κ1) is 18.5. The number of aliphatic carboxylic acids is 1. The number of hydrogen-bond acceptors (Lipinski definition) is 3. The van der Waals surface area contributed by atoms with Crippen LogP contribution in [0.1, 0.15) is 11.1 Å². The summed E-state index contributed by atoms with van der Waals surface area (Å²) in [5, 5.41) is 25.0. The van der Waals surface area contributed by atoms with Crippen LogP contribution in [0.3, 0.4) is 0 Å². The Hall–Kier alpha value is -2.52. The highest BCUT2D eigenvalue weighted by Gasteiger charge is 2.40. The lowest BCUT2D eigenvalue weighted by Gasteiger charge is -2.12. The molecule has 0 bridgehead atoms. The molecule has 0 atom stereocenters. The minimum absolute atomic E-state index is 0.224. The Kier molecular flexibility index (Phi) is 5.08. The fourth-order valence-corrected chi connectivity index (χ4v) is 1.67. The highest BCUT2D eigenvalue weighted by molar-refractivity contribution is 6.18. The van der Waals surface area contributed by atoms with Crippen LogP contribution in [-0.2, 0) is 17.4 Å². The van der Waals surface area contributed by atoms with Crippen LogP contribution in [0.2, 0.25) is 0 Å². The Morgan fingerprint density at radius 1 is 1.09 bits per heavy atom. The molecule has 23 heavy (non-hydrogen) atoms. The lowest BCUT2D eigenvalue weighted by Crippen LogP contribution is -2.23. The van der Waals surface area contributed by atoms with Crippen LogP contribution < -0.4 is 0 Å². The molecule has 0 saturated carbocycles. The Balaban J connectivity index is 3.18. The third-order valence-corrected chi connectivity index (χ3v) is 2.66. The monoisotopic (exact) mass is 341 g/mol. The van der Waals surface area contributed by atoms with Crippen molar-refractivity contribution in [3.05, 3.63) is 46.7 Å². The summed E-state index contributed by atoms with van der Waals surface area (Å²) < 4.78 is 74.7. The fraction of sp³-hybridized carbons (Fsp3) is 0.231. The van der Waals surface area contributed by atoms with Gasteiger partial charge in [-0.05, 0) is 11.6 Å². The zero-order chi connectivity index (χ0) is 18.0. The van der Waals surface area contributed by atoms with Gasteiger partial charge in [-0.1, -0.05) is 18.2 Å². The first-order chi connectivity index (χ1) is 10.3. The number of aliphatic hydroxyl groups is 1. The Labute approximate surface area is 125 Å². The molecule has 0 aliphatic heterocycles. The van der Waals surface area contributed by atoms with Crippen LogP contribution in [-0.4, -0.2) is 28.1 Å². The zero-order valence-electron chi connectivity index (χ0n) is 11.1. The van der Waals surface area contributed by atoms with E-state index in [0.717, 1.165) is 12.1 Å². The van der Waals surface area contributed by atoms with Gasteiger partial charge in [0, 0.05) is 6.42 Å². The molecule has 0 fully saturated rings. The van der Waals surface area contributed by atoms with Crippen molar-refractivity contribution in [3.63, 3.8) is 0 Å². The molecule has 10 heteroatoms. The molecule has 1 rings (SSSR count). The second kappa shape index (κ2) is 6.31. The number of rotatable bonds is 4. The second-order valence-electron chi connectivity index (χ2n) is 4.38. The van der Waals surface area contributed by atoms with Gasteiger partial charge >= 0.3 is 18.3 Å². The first-order valence-electron chi connectivity index (χ1n) is 5.81. The van der Waals surface area contributed by atoms with Gasteiger partial charge in [-0.25, -0.2) is 4.79 Å². The number of carbonyl (C=O) groups is 1. The van der Waals surface area contributed by atoms with Gasteiger partial charge in [-0.3, -0.25) is 0 Å². The zero-order valence-corrected chi connectivity index (χ0v) is 11.1. The van der Waals surface area contributed by atoms with Crippen molar-refractivity contribution in [2.24, 2.45) is 0 Å². The maximum Gasteiger partial charge on any atom is 0.449 e. The number of allylic oxidation sites excluding steroid dienone is 1. The summed E-state index contributed by atoms with van der Waals surface area (Å²) in [5.74, 6) is -4.70. The Bertz CT molecular complexity index is 660. The van der Waals surface area contributed by atoms with Gasteiger partial charge < -0.3 is 15.6 Å². The van der Waals surface area contributed by atoms with Gasteiger partial charge in [0.1, 0.15) is 5.57 Å². The van der Waals surface area contributed by atoms with E-state index in [1.165, 1.54) is 0 Å². The van der Waals surface area contributed by atoms with Gasteiger partial charge in [0.25, 0.3) is 0 Å². The number of aliphatic hydroxyl groups excluding tert-OH is 1. The van der Waals surface area contributed by atoms with Gasteiger partial charge in [0.15, 0.2) is 0 Å². The van der Waals surface area contributed by atoms with Gasteiger partial charge in [-0.2, -0.15) is 26.3 Å². The van der Waals surface area contributed by atoms with E-state index in [1.807, 2.05) is 0 Å².